The Hall–Kier alpha value is -2.34. The number of nitrogen functional groups attached to an aromatic ring is 1. The highest BCUT2D eigenvalue weighted by Crippen LogP contribution is 2.17. The average molecular weight is 342 g/mol. The number of hydrogen-bond donors (Lipinski definition) is 2. The third-order valence-corrected chi connectivity index (χ3v) is 4.46. The van der Waals surface area contributed by atoms with Crippen molar-refractivity contribution in [1.82, 2.24) is 14.9 Å². The molecule has 6 nitrogen and oxygen atoms in total. The van der Waals surface area contributed by atoms with Gasteiger partial charge in [-0.15, -0.1) is 0 Å². The van der Waals surface area contributed by atoms with Crippen LogP contribution >= 0.6 is 0 Å². The monoisotopic (exact) mass is 342 g/mol. The van der Waals surface area contributed by atoms with Gasteiger partial charge in [-0.3, -0.25) is 9.69 Å². The summed E-state index contributed by atoms with van der Waals surface area (Å²) in [6, 6.07) is 8.32. The average Bonchev–Trinajstić information content (AvgIpc) is 2.63. The highest BCUT2D eigenvalue weighted by Gasteiger charge is 2.10. The normalized spacial score (nSPS) is 15.2. The summed E-state index contributed by atoms with van der Waals surface area (Å²) in [5, 5.41) is 0. The Morgan fingerprint density at radius 1 is 1.24 bits per heavy atom. The molecule has 0 unspecified atom stereocenters. The summed E-state index contributed by atoms with van der Waals surface area (Å²) in [4.78, 5) is 20.7. The molecule has 1 fully saturated rings. The maximum Gasteiger partial charge on any atom is 0.296 e. The van der Waals surface area contributed by atoms with Gasteiger partial charge in [0.25, 0.3) is 5.56 Å². The molecule has 0 saturated carbocycles. The van der Waals surface area contributed by atoms with Crippen LogP contribution in [0.1, 0.15) is 37.1 Å². The highest BCUT2D eigenvalue weighted by molar-refractivity contribution is 5.30. The molecule has 0 atom stereocenters. The Bertz CT molecular complexity index is 738. The number of aromatic nitrogens is 2. The van der Waals surface area contributed by atoms with E-state index in [1.165, 1.54) is 44.1 Å². The Balaban J connectivity index is 1.45. The van der Waals surface area contributed by atoms with Crippen molar-refractivity contribution in [2.45, 2.75) is 38.6 Å². The van der Waals surface area contributed by atoms with E-state index in [2.05, 4.69) is 27.0 Å². The lowest BCUT2D eigenvalue weighted by molar-refractivity contribution is 0.220. The summed E-state index contributed by atoms with van der Waals surface area (Å²) < 4.78 is 5.85. The molecule has 134 valence electrons. The number of H-pyrrole nitrogens is 1. The predicted molar refractivity (Wildman–Crippen MR) is 98.7 cm³/mol. The molecular formula is C19H26N4O2. The number of benzene rings is 1. The molecule has 2 aromatic rings. The van der Waals surface area contributed by atoms with Crippen LogP contribution in [0.5, 0.6) is 5.75 Å². The van der Waals surface area contributed by atoms with E-state index in [1.54, 1.807) is 0 Å². The Morgan fingerprint density at radius 2 is 2.08 bits per heavy atom. The fourth-order valence-electron chi connectivity index (χ4n) is 3.11. The number of nitrogens with two attached hydrogens (primary N) is 1. The second-order valence-corrected chi connectivity index (χ2v) is 6.54. The summed E-state index contributed by atoms with van der Waals surface area (Å²) in [5.74, 6) is 1.54. The molecule has 25 heavy (non-hydrogen) atoms. The maximum absolute atomic E-state index is 11.4. The fourth-order valence-corrected chi connectivity index (χ4v) is 3.11. The first-order valence-corrected chi connectivity index (χ1v) is 8.99. The first-order chi connectivity index (χ1) is 12.2. The van der Waals surface area contributed by atoms with Gasteiger partial charge < -0.3 is 15.5 Å². The van der Waals surface area contributed by atoms with E-state index in [9.17, 15) is 4.79 Å². The second-order valence-electron chi connectivity index (χ2n) is 6.54. The zero-order valence-corrected chi connectivity index (χ0v) is 14.5. The van der Waals surface area contributed by atoms with Gasteiger partial charge in [0, 0.05) is 19.2 Å². The van der Waals surface area contributed by atoms with Gasteiger partial charge in [-0.05, 0) is 50.0 Å². The first-order valence-electron chi connectivity index (χ1n) is 8.99. The summed E-state index contributed by atoms with van der Waals surface area (Å²) in [7, 11) is 0. The number of hydrogen-bond acceptors (Lipinski definition) is 5. The second kappa shape index (κ2) is 8.67. The minimum atomic E-state index is -0.375. The molecule has 1 saturated heterocycles. The molecule has 0 radical (unpaired) electrons. The number of nitrogens with one attached hydrogen (secondary N) is 1. The third kappa shape index (κ3) is 5.32. The van der Waals surface area contributed by atoms with Crippen molar-refractivity contribution >= 4 is 5.69 Å². The van der Waals surface area contributed by atoms with E-state index in [0.29, 0.717) is 18.9 Å². The predicted octanol–water partition coefficient (Wildman–Crippen LogP) is 2.35. The first kappa shape index (κ1) is 17.5. The number of nitrogens with zero attached hydrogens (tertiary/aromatic N) is 2. The van der Waals surface area contributed by atoms with Crippen molar-refractivity contribution in [3.63, 3.8) is 0 Å². The standard InChI is InChI=1S/C19H26N4O2/c20-17-13-21-18(22-19(17)24)8-5-11-25-16-7-4-6-15(12-16)14-23-9-2-1-3-10-23/h4,6-7,12-13H,1-3,5,8-11,14,20H2,(H,21,22,24). The van der Waals surface area contributed by atoms with Gasteiger partial charge in [0.05, 0.1) is 6.61 Å². The number of aryl methyl sites for hydroxylation is 1. The molecule has 1 aromatic carbocycles. The lowest BCUT2D eigenvalue weighted by Gasteiger charge is -2.26. The van der Waals surface area contributed by atoms with E-state index in [4.69, 9.17) is 10.5 Å². The summed E-state index contributed by atoms with van der Waals surface area (Å²) in [5.41, 5.74) is 6.53. The molecule has 1 aromatic heterocycles. The van der Waals surface area contributed by atoms with Crippen LogP contribution in [0, 0.1) is 0 Å². The number of anilines is 1. The quantitative estimate of drug-likeness (QED) is 0.755. The molecule has 1 aliphatic heterocycles. The minimum Gasteiger partial charge on any atom is -0.494 e. The largest absolute Gasteiger partial charge is 0.494 e. The summed E-state index contributed by atoms with van der Waals surface area (Å²) >= 11 is 0. The van der Waals surface area contributed by atoms with Gasteiger partial charge in [-0.1, -0.05) is 18.6 Å². The van der Waals surface area contributed by atoms with Crippen LogP contribution in [0.3, 0.4) is 0 Å². The molecule has 6 heteroatoms. The number of aromatic amines is 1. The van der Waals surface area contributed by atoms with Crippen LogP contribution in [0.25, 0.3) is 0 Å². The van der Waals surface area contributed by atoms with Crippen LogP contribution in [-0.2, 0) is 13.0 Å². The lowest BCUT2D eigenvalue weighted by atomic mass is 10.1. The lowest BCUT2D eigenvalue weighted by Crippen LogP contribution is -2.29. The van der Waals surface area contributed by atoms with Crippen molar-refractivity contribution in [3.8, 4) is 5.75 Å². The van der Waals surface area contributed by atoms with Crippen LogP contribution in [-0.4, -0.2) is 34.6 Å². The highest BCUT2D eigenvalue weighted by atomic mass is 16.5. The van der Waals surface area contributed by atoms with Crippen molar-refractivity contribution in [1.29, 1.82) is 0 Å². The van der Waals surface area contributed by atoms with Gasteiger partial charge in [0.1, 0.15) is 17.3 Å². The van der Waals surface area contributed by atoms with Gasteiger partial charge in [0.2, 0.25) is 0 Å². The molecule has 0 spiro atoms. The van der Waals surface area contributed by atoms with Crippen LogP contribution < -0.4 is 16.0 Å². The van der Waals surface area contributed by atoms with Gasteiger partial charge in [0.15, 0.2) is 0 Å². The number of rotatable bonds is 7. The van der Waals surface area contributed by atoms with Crippen molar-refractivity contribution in [3.05, 3.63) is 52.2 Å². The molecule has 0 aliphatic carbocycles. The Kier molecular flexibility index (Phi) is 6.06. The zero-order valence-electron chi connectivity index (χ0n) is 14.5. The van der Waals surface area contributed by atoms with Crippen LogP contribution in [0.15, 0.2) is 35.3 Å². The van der Waals surface area contributed by atoms with E-state index in [1.807, 2.05) is 12.1 Å². The Morgan fingerprint density at radius 3 is 2.88 bits per heavy atom. The van der Waals surface area contributed by atoms with E-state index in [0.717, 1.165) is 18.7 Å². The molecule has 0 bridgehead atoms. The molecular weight excluding hydrogens is 316 g/mol. The van der Waals surface area contributed by atoms with Gasteiger partial charge in [-0.2, -0.15) is 4.98 Å². The SMILES string of the molecule is Nc1c[nH]c(CCCOc2cccc(CN3CCCCC3)c2)nc1=O. The maximum atomic E-state index is 11.4. The minimum absolute atomic E-state index is 0.144. The molecule has 0 amide bonds. The van der Waals surface area contributed by atoms with Crippen molar-refractivity contribution in [2.75, 3.05) is 25.4 Å². The van der Waals surface area contributed by atoms with Crippen molar-refractivity contribution in [2.24, 2.45) is 0 Å². The molecule has 1 aliphatic rings. The number of ether oxygens (including phenoxy) is 1. The van der Waals surface area contributed by atoms with Crippen molar-refractivity contribution < 1.29 is 4.74 Å². The van der Waals surface area contributed by atoms with Gasteiger partial charge in [-0.25, -0.2) is 0 Å². The fraction of sp³-hybridized carbons (Fsp3) is 0.474. The number of piperidine rings is 1. The van der Waals surface area contributed by atoms with Crippen LogP contribution in [0.2, 0.25) is 0 Å². The zero-order chi connectivity index (χ0) is 17.5. The summed E-state index contributed by atoms with van der Waals surface area (Å²) in [6.45, 7) is 3.96. The molecule has 3 N–H and O–H groups in total. The van der Waals surface area contributed by atoms with E-state index in [-0.39, 0.29) is 11.2 Å². The van der Waals surface area contributed by atoms with Gasteiger partial charge >= 0.3 is 0 Å². The smallest absolute Gasteiger partial charge is 0.296 e. The van der Waals surface area contributed by atoms with E-state index < -0.39 is 0 Å². The van der Waals surface area contributed by atoms with Crippen LogP contribution in [0.4, 0.5) is 5.69 Å². The molecule has 2 heterocycles. The Labute approximate surface area is 148 Å². The third-order valence-electron chi connectivity index (χ3n) is 4.46. The number of likely N-dealkylation sites (tertiary alicyclic amines) is 1. The topological polar surface area (TPSA) is 84.2 Å². The summed E-state index contributed by atoms with van der Waals surface area (Å²) in [6.07, 6.45) is 6.89. The molecule has 3 rings (SSSR count). The van der Waals surface area contributed by atoms with E-state index >= 15 is 0 Å².